The predicted molar refractivity (Wildman–Crippen MR) is 46.6 cm³/mol. The molecule has 0 aliphatic heterocycles. The average Bonchev–Trinajstić information content (AvgIpc) is 2.31. The van der Waals surface area contributed by atoms with Gasteiger partial charge in [0.05, 0.1) is 0 Å². The van der Waals surface area contributed by atoms with Crippen LogP contribution in [0.25, 0.3) is 10.9 Å². The van der Waals surface area contributed by atoms with Gasteiger partial charge in [0.2, 0.25) is 0 Å². The van der Waals surface area contributed by atoms with Crippen molar-refractivity contribution in [1.29, 1.82) is 0 Å². The van der Waals surface area contributed by atoms with E-state index < -0.39 is 0 Å². The first-order chi connectivity index (χ1) is 5.27. The summed E-state index contributed by atoms with van der Waals surface area (Å²) in [7, 11) is 0. The van der Waals surface area contributed by atoms with E-state index in [-0.39, 0.29) is 0 Å². The van der Waals surface area contributed by atoms with Crippen molar-refractivity contribution >= 4 is 10.9 Å². The van der Waals surface area contributed by atoms with E-state index >= 15 is 0 Å². The van der Waals surface area contributed by atoms with Crippen molar-refractivity contribution in [3.63, 3.8) is 0 Å². The van der Waals surface area contributed by atoms with E-state index in [2.05, 4.69) is 37.0 Å². The lowest BCUT2D eigenvalue weighted by Gasteiger charge is -1.92. The number of benzene rings is 1. The molecule has 0 spiro atoms. The second-order valence-electron chi connectivity index (χ2n) is 2.90. The van der Waals surface area contributed by atoms with Crippen molar-refractivity contribution in [1.82, 2.24) is 4.98 Å². The van der Waals surface area contributed by atoms with Gasteiger partial charge in [-0.15, -0.1) is 0 Å². The molecule has 11 heavy (non-hydrogen) atoms. The summed E-state index contributed by atoms with van der Waals surface area (Å²) < 4.78 is 0. The average molecular weight is 144 g/mol. The molecule has 0 bridgehead atoms. The fourth-order valence-corrected chi connectivity index (χ4v) is 1.35. The smallest absolute Gasteiger partial charge is 0.0492 e. The normalized spacial score (nSPS) is 10.7. The molecule has 0 saturated carbocycles. The van der Waals surface area contributed by atoms with Gasteiger partial charge in [0.15, 0.2) is 0 Å². The topological polar surface area (TPSA) is 15.8 Å². The molecule has 0 atom stereocenters. The Morgan fingerprint density at radius 1 is 1.36 bits per heavy atom. The number of aromatic amines is 1. The van der Waals surface area contributed by atoms with Gasteiger partial charge in [-0.3, -0.25) is 0 Å². The van der Waals surface area contributed by atoms with Crippen LogP contribution < -0.4 is 0 Å². The van der Waals surface area contributed by atoms with E-state index in [0.29, 0.717) is 0 Å². The largest absolute Gasteiger partial charge is 0.358 e. The van der Waals surface area contributed by atoms with Gasteiger partial charge in [-0.1, -0.05) is 12.1 Å². The van der Waals surface area contributed by atoms with Gasteiger partial charge in [-0.05, 0) is 31.5 Å². The van der Waals surface area contributed by atoms with Crippen molar-refractivity contribution in [3.8, 4) is 0 Å². The Balaban J connectivity index is 2.90. The number of rotatable bonds is 0. The van der Waals surface area contributed by atoms with Crippen molar-refractivity contribution in [2.45, 2.75) is 13.8 Å². The van der Waals surface area contributed by atoms with E-state index in [9.17, 15) is 0 Å². The van der Waals surface area contributed by atoms with Crippen LogP contribution in [0, 0.1) is 19.9 Å². The zero-order valence-corrected chi connectivity index (χ0v) is 6.73. The summed E-state index contributed by atoms with van der Waals surface area (Å²) in [5.41, 5.74) is 3.70. The van der Waals surface area contributed by atoms with Gasteiger partial charge in [-0.2, -0.15) is 0 Å². The Hall–Kier alpha value is -1.24. The summed E-state index contributed by atoms with van der Waals surface area (Å²) in [6.07, 6.45) is 0. The molecule has 0 aliphatic rings. The minimum Gasteiger partial charge on any atom is -0.358 e. The first-order valence-corrected chi connectivity index (χ1v) is 3.74. The Bertz CT molecular complexity index is 385. The second-order valence-corrected chi connectivity index (χ2v) is 2.90. The third-order valence-corrected chi connectivity index (χ3v) is 1.92. The molecule has 1 radical (unpaired) electrons. The Morgan fingerprint density at radius 2 is 2.18 bits per heavy atom. The highest BCUT2D eigenvalue weighted by Gasteiger charge is 1.98. The van der Waals surface area contributed by atoms with Gasteiger partial charge in [0.1, 0.15) is 0 Å². The third kappa shape index (κ3) is 0.929. The molecule has 0 fully saturated rings. The van der Waals surface area contributed by atoms with Gasteiger partial charge in [0, 0.05) is 16.6 Å². The van der Waals surface area contributed by atoms with E-state index in [1.165, 1.54) is 22.2 Å². The molecule has 55 valence electrons. The molecule has 2 rings (SSSR count). The molecule has 0 unspecified atom stereocenters. The molecular formula is C10H10N. The lowest BCUT2D eigenvalue weighted by Crippen LogP contribution is -1.74. The minimum absolute atomic E-state index is 1.18. The van der Waals surface area contributed by atoms with Crippen LogP contribution in [-0.2, 0) is 0 Å². The number of nitrogens with one attached hydrogen (secondary N) is 1. The standard InChI is InChI=1S/C10H10N/c1-7-4-3-5-9-6-8(2)11-10(7)9/h3-4,6,11H,1-2H3. The zero-order valence-electron chi connectivity index (χ0n) is 6.73. The second kappa shape index (κ2) is 2.12. The molecule has 0 saturated heterocycles. The summed E-state index contributed by atoms with van der Waals surface area (Å²) >= 11 is 0. The van der Waals surface area contributed by atoms with Crippen LogP contribution in [0.5, 0.6) is 0 Å². The number of aromatic nitrogens is 1. The van der Waals surface area contributed by atoms with Crippen LogP contribution in [0.2, 0.25) is 0 Å². The van der Waals surface area contributed by atoms with Crippen molar-refractivity contribution in [2.24, 2.45) is 0 Å². The maximum atomic E-state index is 3.30. The summed E-state index contributed by atoms with van der Waals surface area (Å²) in [6.45, 7) is 4.17. The molecule has 1 heteroatoms. The lowest BCUT2D eigenvalue weighted by atomic mass is 10.2. The maximum Gasteiger partial charge on any atom is 0.0492 e. The first-order valence-electron chi connectivity index (χ1n) is 3.74. The molecule has 1 heterocycles. The van der Waals surface area contributed by atoms with Crippen LogP contribution in [0.15, 0.2) is 18.2 Å². The molecule has 1 N–H and O–H groups in total. The summed E-state index contributed by atoms with van der Waals surface area (Å²) in [5.74, 6) is 0. The zero-order chi connectivity index (χ0) is 7.84. The maximum absolute atomic E-state index is 3.30. The van der Waals surface area contributed by atoms with Crippen LogP contribution in [0.3, 0.4) is 0 Å². The van der Waals surface area contributed by atoms with Crippen LogP contribution >= 0.6 is 0 Å². The monoisotopic (exact) mass is 144 g/mol. The Labute approximate surface area is 66.1 Å². The molecular weight excluding hydrogens is 134 g/mol. The molecule has 0 aliphatic carbocycles. The number of hydrogen-bond acceptors (Lipinski definition) is 0. The van der Waals surface area contributed by atoms with Gasteiger partial charge >= 0.3 is 0 Å². The van der Waals surface area contributed by atoms with Crippen LogP contribution in [-0.4, -0.2) is 4.98 Å². The summed E-state index contributed by atoms with van der Waals surface area (Å²) in [5, 5.41) is 1.18. The molecule has 1 aromatic heterocycles. The molecule has 1 aromatic carbocycles. The molecule has 1 nitrogen and oxygen atoms in total. The number of fused-ring (bicyclic) bond motifs is 1. The van der Waals surface area contributed by atoms with E-state index in [1.54, 1.807) is 0 Å². The Kier molecular flexibility index (Phi) is 1.25. The first kappa shape index (κ1) is 6.47. The van der Waals surface area contributed by atoms with Crippen LogP contribution in [0.4, 0.5) is 0 Å². The Morgan fingerprint density at radius 3 is 2.91 bits per heavy atom. The highest BCUT2D eigenvalue weighted by molar-refractivity contribution is 5.82. The summed E-state index contributed by atoms with van der Waals surface area (Å²) in [4.78, 5) is 3.30. The van der Waals surface area contributed by atoms with Crippen molar-refractivity contribution in [2.75, 3.05) is 0 Å². The van der Waals surface area contributed by atoms with E-state index in [0.717, 1.165) is 0 Å². The molecule has 2 aromatic rings. The molecule has 0 amide bonds. The minimum atomic E-state index is 1.18. The van der Waals surface area contributed by atoms with Crippen molar-refractivity contribution in [3.05, 3.63) is 35.5 Å². The van der Waals surface area contributed by atoms with Crippen molar-refractivity contribution < 1.29 is 0 Å². The highest BCUT2D eigenvalue weighted by Crippen LogP contribution is 2.17. The summed E-state index contributed by atoms with van der Waals surface area (Å²) in [6, 6.07) is 9.33. The number of hydrogen-bond donors (Lipinski definition) is 1. The highest BCUT2D eigenvalue weighted by atomic mass is 14.7. The van der Waals surface area contributed by atoms with Gasteiger partial charge in [0.25, 0.3) is 0 Å². The number of H-pyrrole nitrogens is 1. The SMILES string of the molecule is Cc1cc2[c]ccc(C)c2[nH]1. The number of aryl methyl sites for hydroxylation is 2. The third-order valence-electron chi connectivity index (χ3n) is 1.92. The fourth-order valence-electron chi connectivity index (χ4n) is 1.35. The van der Waals surface area contributed by atoms with E-state index in [1.807, 2.05) is 6.07 Å². The van der Waals surface area contributed by atoms with Gasteiger partial charge in [-0.25, -0.2) is 0 Å². The fraction of sp³-hybridized carbons (Fsp3) is 0.200. The predicted octanol–water partition coefficient (Wildman–Crippen LogP) is 2.58. The van der Waals surface area contributed by atoms with E-state index in [4.69, 9.17) is 0 Å². The lowest BCUT2D eigenvalue weighted by molar-refractivity contribution is 1.29. The van der Waals surface area contributed by atoms with Gasteiger partial charge < -0.3 is 4.98 Å². The van der Waals surface area contributed by atoms with Crippen LogP contribution in [0.1, 0.15) is 11.3 Å². The quantitative estimate of drug-likeness (QED) is 0.585.